The first kappa shape index (κ1) is 19.0. The number of benzene rings is 2. The van der Waals surface area contributed by atoms with Crippen LogP contribution in [0.1, 0.15) is 0 Å². The number of ether oxygens (including phenoxy) is 1. The zero-order valence-corrected chi connectivity index (χ0v) is 15.9. The van der Waals surface area contributed by atoms with Gasteiger partial charge in [0.2, 0.25) is 15.1 Å². The first-order valence-electron chi connectivity index (χ1n) is 7.06. The average Bonchev–Trinajstić information content (AvgIpc) is 2.58. The second-order valence-corrected chi connectivity index (χ2v) is 8.51. The summed E-state index contributed by atoms with van der Waals surface area (Å²) in [6.07, 6.45) is 0. The van der Waals surface area contributed by atoms with E-state index in [0.29, 0.717) is 11.5 Å². The van der Waals surface area contributed by atoms with Crippen LogP contribution in [0.3, 0.4) is 0 Å². The molecular formula is C16H16BrNO4S2. The van der Waals surface area contributed by atoms with Crippen molar-refractivity contribution in [3.8, 4) is 5.75 Å². The minimum atomic E-state index is -3.56. The fraction of sp³-hybridized carbons (Fsp3) is 0.188. The number of nitrogens with one attached hydrogen (secondary N) is 1. The predicted molar refractivity (Wildman–Crippen MR) is 98.7 cm³/mol. The van der Waals surface area contributed by atoms with Crippen molar-refractivity contribution in [1.82, 2.24) is 4.72 Å². The lowest BCUT2D eigenvalue weighted by Crippen LogP contribution is -2.26. The number of halogens is 1. The topological polar surface area (TPSA) is 72.5 Å². The molecule has 0 saturated heterocycles. The maximum atomic E-state index is 12.1. The SMILES string of the molecule is O=C(COc1ccccc1)SCCNS(=O)(=O)c1ccc(Br)cc1. The second kappa shape index (κ2) is 9.22. The van der Waals surface area contributed by atoms with Crippen LogP contribution in [0, 0.1) is 0 Å². The normalized spacial score (nSPS) is 11.2. The van der Waals surface area contributed by atoms with Crippen LogP contribution in [0.25, 0.3) is 0 Å². The summed E-state index contributed by atoms with van der Waals surface area (Å²) in [6.45, 7) is 0.119. The van der Waals surface area contributed by atoms with E-state index >= 15 is 0 Å². The van der Waals surface area contributed by atoms with E-state index < -0.39 is 10.0 Å². The smallest absolute Gasteiger partial charge is 0.240 e. The van der Waals surface area contributed by atoms with Crippen molar-refractivity contribution >= 4 is 42.8 Å². The molecule has 0 spiro atoms. The van der Waals surface area contributed by atoms with Crippen molar-refractivity contribution in [2.45, 2.75) is 4.90 Å². The van der Waals surface area contributed by atoms with Gasteiger partial charge in [0.15, 0.2) is 6.61 Å². The Morgan fingerprint density at radius 3 is 2.42 bits per heavy atom. The molecule has 0 aliphatic rings. The van der Waals surface area contributed by atoms with E-state index in [1.54, 1.807) is 24.3 Å². The highest BCUT2D eigenvalue weighted by molar-refractivity contribution is 9.10. The van der Waals surface area contributed by atoms with Gasteiger partial charge in [0, 0.05) is 16.8 Å². The first-order chi connectivity index (χ1) is 11.5. The molecule has 0 unspecified atom stereocenters. The highest BCUT2D eigenvalue weighted by atomic mass is 79.9. The fourth-order valence-electron chi connectivity index (χ4n) is 1.74. The molecule has 0 aromatic heterocycles. The molecule has 0 radical (unpaired) electrons. The summed E-state index contributed by atoms with van der Waals surface area (Å²) in [5.74, 6) is 0.967. The Kier molecular flexibility index (Phi) is 7.29. The lowest BCUT2D eigenvalue weighted by molar-refractivity contribution is -0.112. The van der Waals surface area contributed by atoms with Crippen LogP contribution >= 0.6 is 27.7 Å². The Balaban J connectivity index is 1.70. The van der Waals surface area contributed by atoms with Gasteiger partial charge in [0.05, 0.1) is 4.90 Å². The number of hydrogen-bond acceptors (Lipinski definition) is 5. The van der Waals surface area contributed by atoms with Gasteiger partial charge in [-0.15, -0.1) is 0 Å². The third-order valence-electron chi connectivity index (χ3n) is 2.88. The summed E-state index contributed by atoms with van der Waals surface area (Å²) in [5, 5.41) is -0.151. The van der Waals surface area contributed by atoms with Gasteiger partial charge in [0.25, 0.3) is 0 Å². The number of rotatable bonds is 8. The quantitative estimate of drug-likeness (QED) is 0.652. The Morgan fingerprint density at radius 1 is 1.08 bits per heavy atom. The van der Waals surface area contributed by atoms with Crippen molar-refractivity contribution < 1.29 is 17.9 Å². The molecule has 8 heteroatoms. The van der Waals surface area contributed by atoms with Crippen LogP contribution in [0.2, 0.25) is 0 Å². The van der Waals surface area contributed by atoms with Gasteiger partial charge in [-0.25, -0.2) is 13.1 Å². The monoisotopic (exact) mass is 429 g/mol. The molecular weight excluding hydrogens is 414 g/mol. The summed E-state index contributed by atoms with van der Waals surface area (Å²) in [5.41, 5.74) is 0. The predicted octanol–water partition coefficient (Wildman–Crippen LogP) is 3.07. The van der Waals surface area contributed by atoms with E-state index in [1.807, 2.05) is 18.2 Å². The average molecular weight is 430 g/mol. The number of sulfonamides is 1. The molecule has 128 valence electrons. The molecule has 2 aromatic rings. The Labute approximate surface area is 154 Å². The zero-order chi connectivity index (χ0) is 17.4. The number of para-hydroxylation sites is 1. The summed E-state index contributed by atoms with van der Waals surface area (Å²) in [6, 6.07) is 15.4. The van der Waals surface area contributed by atoms with Crippen molar-refractivity contribution in [2.75, 3.05) is 18.9 Å². The third-order valence-corrected chi connectivity index (χ3v) is 5.73. The maximum Gasteiger partial charge on any atom is 0.240 e. The minimum absolute atomic E-state index is 0.0475. The lowest BCUT2D eigenvalue weighted by atomic mass is 10.3. The van der Waals surface area contributed by atoms with Crippen molar-refractivity contribution in [3.63, 3.8) is 0 Å². The molecule has 0 heterocycles. The van der Waals surface area contributed by atoms with Crippen molar-refractivity contribution in [1.29, 1.82) is 0 Å². The molecule has 0 bridgehead atoms. The van der Waals surface area contributed by atoms with Gasteiger partial charge in [-0.2, -0.15) is 0 Å². The maximum absolute atomic E-state index is 12.1. The Bertz CT molecular complexity index is 764. The molecule has 0 atom stereocenters. The number of carbonyl (C=O) groups excluding carboxylic acids is 1. The van der Waals surface area contributed by atoms with Crippen molar-refractivity contribution in [3.05, 3.63) is 59.1 Å². The van der Waals surface area contributed by atoms with Crippen LogP contribution in [-0.4, -0.2) is 32.4 Å². The van der Waals surface area contributed by atoms with Gasteiger partial charge in [-0.05, 0) is 36.4 Å². The fourth-order valence-corrected chi connectivity index (χ4v) is 3.74. The zero-order valence-electron chi connectivity index (χ0n) is 12.6. The first-order valence-corrected chi connectivity index (χ1v) is 10.3. The van der Waals surface area contributed by atoms with Gasteiger partial charge >= 0.3 is 0 Å². The summed E-state index contributed by atoms with van der Waals surface area (Å²) in [7, 11) is -3.56. The van der Waals surface area contributed by atoms with Gasteiger partial charge in [0.1, 0.15) is 5.75 Å². The Morgan fingerprint density at radius 2 is 1.75 bits per heavy atom. The molecule has 0 amide bonds. The standard InChI is InChI=1S/C16H16BrNO4S2/c17-13-6-8-15(9-7-13)24(20,21)18-10-11-23-16(19)12-22-14-4-2-1-3-5-14/h1-9,18H,10-12H2. The molecule has 24 heavy (non-hydrogen) atoms. The largest absolute Gasteiger partial charge is 0.485 e. The van der Waals surface area contributed by atoms with Crippen LogP contribution in [0.5, 0.6) is 5.75 Å². The lowest BCUT2D eigenvalue weighted by Gasteiger charge is -2.07. The number of thioether (sulfide) groups is 1. The highest BCUT2D eigenvalue weighted by Gasteiger charge is 2.13. The molecule has 0 aliphatic carbocycles. The molecule has 0 fully saturated rings. The summed E-state index contributed by atoms with van der Waals surface area (Å²) >= 11 is 4.29. The van der Waals surface area contributed by atoms with Crippen molar-refractivity contribution in [2.24, 2.45) is 0 Å². The molecule has 5 nitrogen and oxygen atoms in total. The van der Waals surface area contributed by atoms with Gasteiger partial charge in [-0.3, -0.25) is 4.79 Å². The van der Waals surface area contributed by atoms with E-state index in [-0.39, 0.29) is 23.2 Å². The van der Waals surface area contributed by atoms with E-state index in [2.05, 4.69) is 20.7 Å². The molecule has 0 saturated carbocycles. The van der Waals surface area contributed by atoms with Gasteiger partial charge < -0.3 is 4.74 Å². The minimum Gasteiger partial charge on any atom is -0.485 e. The van der Waals surface area contributed by atoms with E-state index in [0.717, 1.165) is 16.2 Å². The number of carbonyl (C=O) groups is 1. The van der Waals surface area contributed by atoms with Gasteiger partial charge in [-0.1, -0.05) is 45.9 Å². The summed E-state index contributed by atoms with van der Waals surface area (Å²) in [4.78, 5) is 11.9. The van der Waals surface area contributed by atoms with E-state index in [1.165, 1.54) is 12.1 Å². The Hall–Kier alpha value is -1.35. The van der Waals surface area contributed by atoms with E-state index in [9.17, 15) is 13.2 Å². The molecule has 0 aliphatic heterocycles. The van der Waals surface area contributed by atoms with Crippen LogP contribution in [0.15, 0.2) is 64.0 Å². The molecule has 2 rings (SSSR count). The second-order valence-electron chi connectivity index (χ2n) is 4.67. The van der Waals surface area contributed by atoms with Crippen LogP contribution < -0.4 is 9.46 Å². The highest BCUT2D eigenvalue weighted by Crippen LogP contribution is 2.14. The van der Waals surface area contributed by atoms with Crippen LogP contribution in [0.4, 0.5) is 0 Å². The third kappa shape index (κ3) is 6.27. The molecule has 2 aromatic carbocycles. The summed E-state index contributed by atoms with van der Waals surface area (Å²) < 4.78 is 32.7. The van der Waals surface area contributed by atoms with E-state index in [4.69, 9.17) is 4.74 Å². The van der Waals surface area contributed by atoms with Crippen LogP contribution in [-0.2, 0) is 14.8 Å². The number of hydrogen-bond donors (Lipinski definition) is 1. The molecule has 1 N–H and O–H groups in total.